The summed E-state index contributed by atoms with van der Waals surface area (Å²) in [5.41, 5.74) is 2.24. The maximum atomic E-state index is 12.3. The van der Waals surface area contributed by atoms with Gasteiger partial charge in [0, 0.05) is 12.2 Å². The first-order valence-electron chi connectivity index (χ1n) is 8.66. The van der Waals surface area contributed by atoms with Crippen molar-refractivity contribution in [3.63, 3.8) is 0 Å². The molecule has 2 N–H and O–H groups in total. The first-order chi connectivity index (χ1) is 12.8. The Morgan fingerprint density at radius 1 is 0.926 bits per heavy atom. The van der Waals surface area contributed by atoms with Crippen molar-refractivity contribution in [2.75, 3.05) is 19.5 Å². The van der Waals surface area contributed by atoms with Gasteiger partial charge in [-0.2, -0.15) is 0 Å². The number of carbonyl (C=O) groups is 2. The minimum Gasteiger partial charge on any atom is -0.493 e. The number of ether oxygens (including phenoxy) is 2. The van der Waals surface area contributed by atoms with E-state index in [0.717, 1.165) is 11.1 Å². The Hall–Kier alpha value is -3.02. The summed E-state index contributed by atoms with van der Waals surface area (Å²) >= 11 is 0. The molecule has 0 aromatic heterocycles. The highest BCUT2D eigenvalue weighted by molar-refractivity contribution is 6.39. The van der Waals surface area contributed by atoms with Crippen molar-refractivity contribution < 1.29 is 19.1 Å². The van der Waals surface area contributed by atoms with E-state index in [1.54, 1.807) is 38.5 Å². The summed E-state index contributed by atoms with van der Waals surface area (Å²) in [6.45, 7) is 6.35. The van der Waals surface area contributed by atoms with Crippen molar-refractivity contribution in [1.29, 1.82) is 0 Å². The zero-order chi connectivity index (χ0) is 20.0. The Labute approximate surface area is 159 Å². The Bertz CT molecular complexity index is 825. The van der Waals surface area contributed by atoms with Crippen molar-refractivity contribution in [1.82, 2.24) is 5.32 Å². The summed E-state index contributed by atoms with van der Waals surface area (Å²) in [6.07, 6.45) is 0. The van der Waals surface area contributed by atoms with Crippen LogP contribution in [0.5, 0.6) is 11.5 Å². The van der Waals surface area contributed by atoms with Gasteiger partial charge in [-0.1, -0.05) is 45.0 Å². The molecule has 0 bridgehead atoms. The molecular weight excluding hydrogens is 344 g/mol. The molecule has 0 heterocycles. The lowest BCUT2D eigenvalue weighted by Gasteiger charge is -2.22. The Morgan fingerprint density at radius 3 is 2.22 bits per heavy atom. The number of hydrogen-bond acceptors (Lipinski definition) is 4. The van der Waals surface area contributed by atoms with E-state index in [4.69, 9.17) is 9.47 Å². The largest absolute Gasteiger partial charge is 0.493 e. The van der Waals surface area contributed by atoms with Crippen LogP contribution >= 0.6 is 0 Å². The van der Waals surface area contributed by atoms with Crippen molar-refractivity contribution in [2.24, 2.45) is 0 Å². The van der Waals surface area contributed by atoms with E-state index >= 15 is 0 Å². The van der Waals surface area contributed by atoms with Crippen molar-refractivity contribution in [3.8, 4) is 11.5 Å². The van der Waals surface area contributed by atoms with E-state index in [2.05, 4.69) is 31.4 Å². The summed E-state index contributed by atoms with van der Waals surface area (Å²) in [5.74, 6) is -0.238. The third-order valence-electron chi connectivity index (χ3n) is 4.09. The molecule has 0 saturated carbocycles. The smallest absolute Gasteiger partial charge is 0.313 e. The molecule has 0 unspecified atom stereocenters. The van der Waals surface area contributed by atoms with Crippen LogP contribution in [0.25, 0.3) is 0 Å². The number of hydrogen-bond donors (Lipinski definition) is 2. The molecule has 144 valence electrons. The molecule has 0 aliphatic heterocycles. The van der Waals surface area contributed by atoms with Crippen LogP contribution in [0.2, 0.25) is 0 Å². The van der Waals surface area contributed by atoms with Crippen molar-refractivity contribution in [2.45, 2.75) is 32.7 Å². The summed E-state index contributed by atoms with van der Waals surface area (Å²) < 4.78 is 10.4. The molecule has 2 amide bonds. The SMILES string of the molecule is COc1ccc(CNC(=O)C(=O)Nc2ccccc2C(C)(C)C)cc1OC. The first kappa shape index (κ1) is 20.3. The number of amides is 2. The predicted octanol–water partition coefficient (Wildman–Crippen LogP) is 3.26. The van der Waals surface area contributed by atoms with Crippen LogP contribution in [0.3, 0.4) is 0 Å². The van der Waals surface area contributed by atoms with Crippen LogP contribution in [0.1, 0.15) is 31.9 Å². The number of para-hydroxylation sites is 1. The van der Waals surface area contributed by atoms with Gasteiger partial charge < -0.3 is 20.1 Å². The quantitative estimate of drug-likeness (QED) is 0.792. The van der Waals surface area contributed by atoms with Crippen LogP contribution in [0.15, 0.2) is 42.5 Å². The summed E-state index contributed by atoms with van der Waals surface area (Å²) in [5, 5.41) is 5.32. The average molecular weight is 370 g/mol. The molecule has 0 radical (unpaired) electrons. The number of benzene rings is 2. The van der Waals surface area contributed by atoms with Gasteiger partial charge in [-0.15, -0.1) is 0 Å². The van der Waals surface area contributed by atoms with E-state index in [-0.39, 0.29) is 12.0 Å². The molecule has 0 atom stereocenters. The molecule has 0 aliphatic rings. The first-order valence-corrected chi connectivity index (χ1v) is 8.66. The normalized spacial score (nSPS) is 10.9. The third kappa shape index (κ3) is 5.23. The predicted molar refractivity (Wildman–Crippen MR) is 105 cm³/mol. The van der Waals surface area contributed by atoms with Crippen LogP contribution < -0.4 is 20.1 Å². The van der Waals surface area contributed by atoms with E-state index in [1.807, 2.05) is 18.2 Å². The van der Waals surface area contributed by atoms with E-state index < -0.39 is 11.8 Å². The minimum atomic E-state index is -0.702. The van der Waals surface area contributed by atoms with Crippen molar-refractivity contribution >= 4 is 17.5 Å². The second-order valence-electron chi connectivity index (χ2n) is 7.12. The molecule has 0 aliphatic carbocycles. The lowest BCUT2D eigenvalue weighted by Crippen LogP contribution is -2.35. The van der Waals surface area contributed by atoms with Gasteiger partial charge in [0.2, 0.25) is 0 Å². The maximum Gasteiger partial charge on any atom is 0.313 e. The zero-order valence-electron chi connectivity index (χ0n) is 16.4. The number of nitrogens with one attached hydrogen (secondary N) is 2. The molecule has 2 aromatic rings. The Balaban J connectivity index is 2.02. The highest BCUT2D eigenvalue weighted by atomic mass is 16.5. The van der Waals surface area contributed by atoms with Gasteiger partial charge in [-0.3, -0.25) is 9.59 Å². The summed E-state index contributed by atoms with van der Waals surface area (Å²) in [7, 11) is 3.10. The fraction of sp³-hybridized carbons (Fsp3) is 0.333. The number of methoxy groups -OCH3 is 2. The molecule has 0 fully saturated rings. The lowest BCUT2D eigenvalue weighted by molar-refractivity contribution is -0.136. The summed E-state index contributed by atoms with van der Waals surface area (Å²) in [6, 6.07) is 12.8. The van der Waals surface area contributed by atoms with E-state index in [0.29, 0.717) is 17.2 Å². The highest BCUT2D eigenvalue weighted by Gasteiger charge is 2.21. The third-order valence-corrected chi connectivity index (χ3v) is 4.09. The molecule has 0 spiro atoms. The van der Waals surface area contributed by atoms with Crippen LogP contribution in [0.4, 0.5) is 5.69 Å². The number of anilines is 1. The van der Waals surface area contributed by atoms with Crippen LogP contribution in [0, 0.1) is 0 Å². The maximum absolute atomic E-state index is 12.3. The second kappa shape index (κ2) is 8.58. The molecule has 0 saturated heterocycles. The van der Waals surface area contributed by atoms with E-state index in [9.17, 15) is 9.59 Å². The lowest BCUT2D eigenvalue weighted by atomic mass is 9.86. The fourth-order valence-corrected chi connectivity index (χ4v) is 2.68. The average Bonchev–Trinajstić information content (AvgIpc) is 2.65. The molecular formula is C21H26N2O4. The second-order valence-corrected chi connectivity index (χ2v) is 7.12. The monoisotopic (exact) mass is 370 g/mol. The number of carbonyl (C=O) groups excluding carboxylic acids is 2. The highest BCUT2D eigenvalue weighted by Crippen LogP contribution is 2.29. The van der Waals surface area contributed by atoms with Gasteiger partial charge in [0.1, 0.15) is 0 Å². The standard InChI is InChI=1S/C21H26N2O4/c1-21(2,3)15-8-6-7-9-16(15)23-20(25)19(24)22-13-14-10-11-17(26-4)18(12-14)27-5/h6-12H,13H2,1-5H3,(H,22,24)(H,23,25). The molecule has 27 heavy (non-hydrogen) atoms. The van der Waals surface area contributed by atoms with Gasteiger partial charge in [0.25, 0.3) is 0 Å². The Morgan fingerprint density at radius 2 is 1.59 bits per heavy atom. The topological polar surface area (TPSA) is 76.7 Å². The van der Waals surface area contributed by atoms with Gasteiger partial charge in [-0.05, 0) is 34.7 Å². The minimum absolute atomic E-state index is 0.153. The van der Waals surface area contributed by atoms with Crippen LogP contribution in [-0.2, 0) is 21.5 Å². The van der Waals surface area contributed by atoms with Gasteiger partial charge in [0.05, 0.1) is 14.2 Å². The molecule has 2 rings (SSSR count). The zero-order valence-corrected chi connectivity index (χ0v) is 16.4. The van der Waals surface area contributed by atoms with E-state index in [1.165, 1.54) is 0 Å². The van der Waals surface area contributed by atoms with Gasteiger partial charge in [-0.25, -0.2) is 0 Å². The van der Waals surface area contributed by atoms with Gasteiger partial charge >= 0.3 is 11.8 Å². The molecule has 2 aromatic carbocycles. The van der Waals surface area contributed by atoms with Crippen molar-refractivity contribution in [3.05, 3.63) is 53.6 Å². The summed E-state index contributed by atoms with van der Waals surface area (Å²) in [4.78, 5) is 24.4. The Kier molecular flexibility index (Phi) is 6.45. The number of rotatable bonds is 5. The van der Waals surface area contributed by atoms with Gasteiger partial charge in [0.15, 0.2) is 11.5 Å². The van der Waals surface area contributed by atoms with Crippen LogP contribution in [-0.4, -0.2) is 26.0 Å². The molecule has 6 nitrogen and oxygen atoms in total. The fourth-order valence-electron chi connectivity index (χ4n) is 2.68. The molecule has 6 heteroatoms.